The summed E-state index contributed by atoms with van der Waals surface area (Å²) in [5, 5.41) is 3.68. The Bertz CT molecular complexity index is 1290. The molecule has 6 nitrogen and oxygen atoms in total. The maximum absolute atomic E-state index is 14.1. The zero-order valence-electron chi connectivity index (χ0n) is 18.7. The van der Waals surface area contributed by atoms with Gasteiger partial charge in [0.1, 0.15) is 5.82 Å². The molecule has 0 bridgehead atoms. The SMILES string of the molecule is O=C(Nc1ccc(S(=O)(=O)Nc2cccc(Cl)c2)cc1)C1CCN(Cc2c(F)cccc2Cl)CC1. The minimum Gasteiger partial charge on any atom is -0.326 e. The number of benzene rings is 3. The first-order valence-corrected chi connectivity index (χ1v) is 13.3. The molecule has 1 heterocycles. The number of nitrogens with zero attached hydrogens (tertiary/aromatic N) is 1. The van der Waals surface area contributed by atoms with Gasteiger partial charge in [-0.3, -0.25) is 14.4 Å². The van der Waals surface area contributed by atoms with Gasteiger partial charge in [0.05, 0.1) is 10.6 Å². The highest BCUT2D eigenvalue weighted by atomic mass is 35.5. The Hall–Kier alpha value is -2.65. The van der Waals surface area contributed by atoms with Gasteiger partial charge in [-0.15, -0.1) is 0 Å². The molecule has 1 fully saturated rings. The Morgan fingerprint density at radius 1 is 0.971 bits per heavy atom. The van der Waals surface area contributed by atoms with Crippen molar-refractivity contribution in [2.24, 2.45) is 5.92 Å². The number of likely N-dealkylation sites (tertiary alicyclic amines) is 1. The van der Waals surface area contributed by atoms with Gasteiger partial charge in [0.25, 0.3) is 10.0 Å². The van der Waals surface area contributed by atoms with Crippen LogP contribution in [0.4, 0.5) is 15.8 Å². The second-order valence-corrected chi connectivity index (χ2v) is 10.9. The minimum absolute atomic E-state index is 0.0654. The van der Waals surface area contributed by atoms with E-state index in [4.69, 9.17) is 23.2 Å². The van der Waals surface area contributed by atoms with Crippen LogP contribution in [0.1, 0.15) is 18.4 Å². The lowest BCUT2D eigenvalue weighted by molar-refractivity contribution is -0.121. The van der Waals surface area contributed by atoms with Crippen LogP contribution in [0, 0.1) is 11.7 Å². The van der Waals surface area contributed by atoms with Crippen molar-refractivity contribution in [1.82, 2.24) is 4.90 Å². The zero-order chi connectivity index (χ0) is 25.0. The number of hydrogen-bond acceptors (Lipinski definition) is 4. The topological polar surface area (TPSA) is 78.5 Å². The highest BCUT2D eigenvalue weighted by Gasteiger charge is 2.26. The third-order valence-electron chi connectivity index (χ3n) is 5.91. The molecular weight excluding hydrogens is 512 g/mol. The summed E-state index contributed by atoms with van der Waals surface area (Å²) < 4.78 is 41.8. The van der Waals surface area contributed by atoms with Crippen molar-refractivity contribution in [3.8, 4) is 0 Å². The smallest absolute Gasteiger partial charge is 0.261 e. The molecule has 1 saturated heterocycles. The van der Waals surface area contributed by atoms with E-state index in [0.29, 0.717) is 59.5 Å². The first-order chi connectivity index (χ1) is 16.7. The molecule has 1 aliphatic rings. The van der Waals surface area contributed by atoms with Crippen LogP contribution in [-0.2, 0) is 21.4 Å². The van der Waals surface area contributed by atoms with E-state index < -0.39 is 10.0 Å². The molecule has 3 aromatic rings. The number of amides is 1. The number of rotatable bonds is 7. The number of sulfonamides is 1. The molecule has 10 heteroatoms. The Balaban J connectivity index is 1.31. The number of piperidine rings is 1. The van der Waals surface area contributed by atoms with Gasteiger partial charge in [0.2, 0.25) is 5.91 Å². The van der Waals surface area contributed by atoms with Crippen LogP contribution in [0.15, 0.2) is 71.6 Å². The van der Waals surface area contributed by atoms with Crippen LogP contribution in [0.3, 0.4) is 0 Å². The fourth-order valence-corrected chi connectivity index (χ4v) is 5.45. The predicted octanol–water partition coefficient (Wildman–Crippen LogP) is 5.78. The number of carbonyl (C=O) groups is 1. The Labute approximate surface area is 214 Å². The minimum atomic E-state index is -3.80. The highest BCUT2D eigenvalue weighted by molar-refractivity contribution is 7.92. The molecule has 3 aromatic carbocycles. The Morgan fingerprint density at radius 2 is 1.66 bits per heavy atom. The Morgan fingerprint density at radius 3 is 2.31 bits per heavy atom. The normalized spacial score (nSPS) is 15.1. The van der Waals surface area contributed by atoms with E-state index in [1.54, 1.807) is 42.5 Å². The molecule has 184 valence electrons. The molecule has 0 aliphatic carbocycles. The van der Waals surface area contributed by atoms with Gasteiger partial charge in [-0.05, 0) is 80.5 Å². The second kappa shape index (κ2) is 11.0. The predicted molar refractivity (Wildman–Crippen MR) is 137 cm³/mol. The van der Waals surface area contributed by atoms with Crippen LogP contribution >= 0.6 is 23.2 Å². The summed E-state index contributed by atoms with van der Waals surface area (Å²) in [6, 6.07) is 17.0. The summed E-state index contributed by atoms with van der Waals surface area (Å²) in [4.78, 5) is 14.9. The highest BCUT2D eigenvalue weighted by Crippen LogP contribution is 2.26. The Kier molecular flexibility index (Phi) is 7.96. The van der Waals surface area contributed by atoms with E-state index in [0.717, 1.165) is 0 Å². The molecule has 1 aliphatic heterocycles. The number of halogens is 3. The fraction of sp³-hybridized carbons (Fsp3) is 0.240. The van der Waals surface area contributed by atoms with E-state index in [9.17, 15) is 17.6 Å². The van der Waals surface area contributed by atoms with Crippen molar-refractivity contribution in [1.29, 1.82) is 0 Å². The molecular formula is C25H24Cl2FN3O3S. The van der Waals surface area contributed by atoms with Gasteiger partial charge >= 0.3 is 0 Å². The van der Waals surface area contributed by atoms with Crippen molar-refractivity contribution in [2.75, 3.05) is 23.1 Å². The summed E-state index contributed by atoms with van der Waals surface area (Å²) in [5.74, 6) is -0.637. The average Bonchev–Trinajstić information content (AvgIpc) is 2.82. The second-order valence-electron chi connectivity index (χ2n) is 8.38. The lowest BCUT2D eigenvalue weighted by atomic mass is 9.95. The summed E-state index contributed by atoms with van der Waals surface area (Å²) in [6.07, 6.45) is 1.27. The summed E-state index contributed by atoms with van der Waals surface area (Å²) >= 11 is 12.0. The van der Waals surface area contributed by atoms with Gasteiger partial charge in [-0.2, -0.15) is 0 Å². The molecule has 0 saturated carbocycles. The largest absolute Gasteiger partial charge is 0.326 e. The number of carbonyl (C=O) groups excluding carboxylic acids is 1. The molecule has 35 heavy (non-hydrogen) atoms. The number of anilines is 2. The third-order valence-corrected chi connectivity index (χ3v) is 7.90. The van der Waals surface area contributed by atoms with Gasteiger partial charge in [0.15, 0.2) is 0 Å². The van der Waals surface area contributed by atoms with Crippen LogP contribution in [-0.4, -0.2) is 32.3 Å². The fourth-order valence-electron chi connectivity index (χ4n) is 3.99. The van der Waals surface area contributed by atoms with Crippen LogP contribution in [0.5, 0.6) is 0 Å². The van der Waals surface area contributed by atoms with E-state index in [1.165, 1.54) is 24.3 Å². The first-order valence-electron chi connectivity index (χ1n) is 11.1. The van der Waals surface area contributed by atoms with Crippen molar-refractivity contribution in [3.63, 3.8) is 0 Å². The van der Waals surface area contributed by atoms with Gasteiger partial charge in [0, 0.05) is 33.8 Å². The van der Waals surface area contributed by atoms with Crippen LogP contribution < -0.4 is 10.0 Å². The van der Waals surface area contributed by atoms with E-state index in [2.05, 4.69) is 14.9 Å². The standard InChI is InChI=1S/C25H24Cl2FN3O3S/c26-18-3-1-4-20(15-18)30-35(33,34)21-9-7-19(8-10-21)29-25(32)17-11-13-31(14-12-17)16-22-23(27)5-2-6-24(22)28/h1-10,15,17,30H,11-14,16H2,(H,29,32). The number of nitrogens with one attached hydrogen (secondary N) is 2. The molecule has 4 rings (SSSR count). The van der Waals surface area contributed by atoms with Gasteiger partial charge in [-0.25, -0.2) is 12.8 Å². The van der Waals surface area contributed by atoms with Crippen LogP contribution in [0.25, 0.3) is 0 Å². The zero-order valence-corrected chi connectivity index (χ0v) is 21.0. The molecule has 2 N–H and O–H groups in total. The van der Waals surface area contributed by atoms with Crippen LogP contribution in [0.2, 0.25) is 10.0 Å². The lowest BCUT2D eigenvalue weighted by Gasteiger charge is -2.31. The van der Waals surface area contributed by atoms with Gasteiger partial charge in [-0.1, -0.05) is 35.3 Å². The third kappa shape index (κ3) is 6.52. The monoisotopic (exact) mass is 535 g/mol. The maximum atomic E-state index is 14.1. The lowest BCUT2D eigenvalue weighted by Crippen LogP contribution is -2.38. The van der Waals surface area contributed by atoms with Crippen molar-refractivity contribution >= 4 is 50.5 Å². The van der Waals surface area contributed by atoms with Crippen molar-refractivity contribution in [2.45, 2.75) is 24.3 Å². The molecule has 0 atom stereocenters. The number of hydrogen-bond donors (Lipinski definition) is 2. The van der Waals surface area contributed by atoms with Crippen molar-refractivity contribution < 1.29 is 17.6 Å². The molecule has 1 amide bonds. The molecule has 0 spiro atoms. The van der Waals surface area contributed by atoms with E-state index >= 15 is 0 Å². The summed E-state index contributed by atoms with van der Waals surface area (Å²) in [6.45, 7) is 1.70. The maximum Gasteiger partial charge on any atom is 0.261 e. The average molecular weight is 536 g/mol. The summed E-state index contributed by atoms with van der Waals surface area (Å²) in [7, 11) is -3.80. The van der Waals surface area contributed by atoms with Gasteiger partial charge < -0.3 is 5.32 Å². The quantitative estimate of drug-likeness (QED) is 0.401. The molecule has 0 unspecified atom stereocenters. The first kappa shape index (κ1) is 25.4. The van der Waals surface area contributed by atoms with E-state index in [1.807, 2.05) is 0 Å². The molecule has 0 radical (unpaired) electrons. The van der Waals surface area contributed by atoms with Crippen molar-refractivity contribution in [3.05, 3.63) is 88.2 Å². The van der Waals surface area contributed by atoms with E-state index in [-0.39, 0.29) is 22.5 Å². The molecule has 0 aromatic heterocycles. The summed E-state index contributed by atoms with van der Waals surface area (Å²) in [5.41, 5.74) is 1.34.